The highest BCUT2D eigenvalue weighted by molar-refractivity contribution is 9.10. The summed E-state index contributed by atoms with van der Waals surface area (Å²) in [6, 6.07) is 20.3. The van der Waals surface area contributed by atoms with Crippen molar-refractivity contribution in [2.24, 2.45) is 5.10 Å². The zero-order chi connectivity index (χ0) is 19.1. The fraction of sp³-hybridized carbons (Fsp3) is 0.0500. The van der Waals surface area contributed by atoms with Gasteiger partial charge in [0, 0.05) is 15.7 Å². The first-order valence-corrected chi connectivity index (χ1v) is 8.85. The molecule has 134 valence electrons. The van der Waals surface area contributed by atoms with E-state index in [9.17, 15) is 4.79 Å². The van der Waals surface area contributed by atoms with Crippen LogP contribution < -0.4 is 10.7 Å². The number of nitrogens with zero attached hydrogens (tertiary/aromatic N) is 2. The molecule has 1 aromatic heterocycles. The third-order valence-electron chi connectivity index (χ3n) is 3.62. The maximum absolute atomic E-state index is 11.8. The van der Waals surface area contributed by atoms with Crippen LogP contribution in [0.25, 0.3) is 11.3 Å². The second-order valence-corrected chi connectivity index (χ2v) is 6.43. The van der Waals surface area contributed by atoms with E-state index >= 15 is 0 Å². The van der Waals surface area contributed by atoms with Crippen LogP contribution in [0.2, 0.25) is 0 Å². The third kappa shape index (κ3) is 5.06. The van der Waals surface area contributed by atoms with Gasteiger partial charge in [-0.3, -0.25) is 4.79 Å². The van der Waals surface area contributed by atoms with Gasteiger partial charge in [-0.2, -0.15) is 10.4 Å². The number of hydrogen-bond donors (Lipinski definition) is 2. The molecule has 6 nitrogen and oxygen atoms in total. The number of carbonyl (C=O) groups is 1. The molecular formula is C20H15BrN4O2. The number of benzene rings is 2. The molecule has 0 radical (unpaired) electrons. The van der Waals surface area contributed by atoms with Crippen molar-refractivity contribution in [3.8, 4) is 17.4 Å². The van der Waals surface area contributed by atoms with Gasteiger partial charge < -0.3 is 9.73 Å². The molecule has 0 aliphatic carbocycles. The Balaban J connectivity index is 1.54. The molecule has 3 aromatic rings. The number of hydrogen-bond acceptors (Lipinski definition) is 5. The predicted molar refractivity (Wildman–Crippen MR) is 107 cm³/mol. The van der Waals surface area contributed by atoms with Crippen LogP contribution in [-0.2, 0) is 4.79 Å². The number of furan rings is 1. The fourth-order valence-electron chi connectivity index (χ4n) is 2.32. The molecule has 0 unspecified atom stereocenters. The van der Waals surface area contributed by atoms with Crippen LogP contribution in [-0.4, -0.2) is 18.7 Å². The SMILES string of the molecule is N#Cc1ccccc1-c1ccc(/C=N\NC(=O)CNc2ccc(Br)cc2)o1. The predicted octanol–water partition coefficient (Wildman–Crippen LogP) is 4.14. The molecule has 0 spiro atoms. The van der Waals surface area contributed by atoms with E-state index in [1.807, 2.05) is 36.4 Å². The second kappa shape index (κ2) is 8.83. The van der Waals surface area contributed by atoms with Gasteiger partial charge in [0.25, 0.3) is 5.91 Å². The summed E-state index contributed by atoms with van der Waals surface area (Å²) in [5.41, 5.74) is 4.51. The van der Waals surface area contributed by atoms with Crippen LogP contribution in [0.4, 0.5) is 5.69 Å². The van der Waals surface area contributed by atoms with Gasteiger partial charge in [-0.05, 0) is 48.5 Å². The zero-order valence-corrected chi connectivity index (χ0v) is 15.7. The smallest absolute Gasteiger partial charge is 0.259 e. The molecule has 0 bridgehead atoms. The van der Waals surface area contributed by atoms with Crippen molar-refractivity contribution in [3.05, 3.63) is 76.5 Å². The molecule has 0 fully saturated rings. The monoisotopic (exact) mass is 422 g/mol. The lowest BCUT2D eigenvalue weighted by Gasteiger charge is -2.04. The molecule has 2 aromatic carbocycles. The van der Waals surface area contributed by atoms with Gasteiger partial charge in [0.1, 0.15) is 11.5 Å². The molecule has 1 amide bonds. The summed E-state index contributed by atoms with van der Waals surface area (Å²) in [7, 11) is 0. The van der Waals surface area contributed by atoms with Crippen molar-refractivity contribution in [1.82, 2.24) is 5.43 Å². The Labute approximate surface area is 164 Å². The number of rotatable bonds is 6. The van der Waals surface area contributed by atoms with Gasteiger partial charge in [0.05, 0.1) is 24.4 Å². The minimum atomic E-state index is -0.282. The van der Waals surface area contributed by atoms with Crippen molar-refractivity contribution in [1.29, 1.82) is 5.26 Å². The molecule has 0 saturated heterocycles. The molecule has 7 heteroatoms. The number of anilines is 1. The van der Waals surface area contributed by atoms with Gasteiger partial charge in [-0.25, -0.2) is 5.43 Å². The van der Waals surface area contributed by atoms with Crippen molar-refractivity contribution >= 4 is 33.7 Å². The Morgan fingerprint density at radius 1 is 1.15 bits per heavy atom. The lowest BCUT2D eigenvalue weighted by molar-refractivity contribution is -0.119. The summed E-state index contributed by atoms with van der Waals surface area (Å²) in [5.74, 6) is 0.756. The average molecular weight is 423 g/mol. The van der Waals surface area contributed by atoms with Crippen molar-refractivity contribution in [3.63, 3.8) is 0 Å². The van der Waals surface area contributed by atoms with E-state index in [1.165, 1.54) is 6.21 Å². The Bertz CT molecular complexity index is 1000. The van der Waals surface area contributed by atoms with Crippen molar-refractivity contribution < 1.29 is 9.21 Å². The maximum Gasteiger partial charge on any atom is 0.259 e. The first-order chi connectivity index (χ1) is 13.2. The summed E-state index contributed by atoms with van der Waals surface area (Å²) >= 11 is 3.36. The van der Waals surface area contributed by atoms with E-state index < -0.39 is 0 Å². The molecule has 0 atom stereocenters. The minimum Gasteiger partial charge on any atom is -0.455 e. The number of hydrazone groups is 1. The molecule has 27 heavy (non-hydrogen) atoms. The zero-order valence-electron chi connectivity index (χ0n) is 14.1. The first-order valence-electron chi connectivity index (χ1n) is 8.06. The largest absolute Gasteiger partial charge is 0.455 e. The molecule has 3 rings (SSSR count). The van der Waals surface area contributed by atoms with Crippen LogP contribution in [0.1, 0.15) is 11.3 Å². The van der Waals surface area contributed by atoms with E-state index in [4.69, 9.17) is 9.68 Å². The second-order valence-electron chi connectivity index (χ2n) is 5.51. The Kier molecular flexibility index (Phi) is 6.02. The highest BCUT2D eigenvalue weighted by atomic mass is 79.9. The normalized spacial score (nSPS) is 10.5. The number of carbonyl (C=O) groups excluding carboxylic acids is 1. The lowest BCUT2D eigenvalue weighted by Crippen LogP contribution is -2.25. The first kappa shape index (κ1) is 18.4. The summed E-state index contributed by atoms with van der Waals surface area (Å²) in [6.45, 7) is 0.0952. The van der Waals surface area contributed by atoms with E-state index in [2.05, 4.69) is 37.8 Å². The third-order valence-corrected chi connectivity index (χ3v) is 4.15. The molecule has 2 N–H and O–H groups in total. The molecule has 1 heterocycles. The lowest BCUT2D eigenvalue weighted by atomic mass is 10.1. The highest BCUT2D eigenvalue weighted by Gasteiger charge is 2.08. The van der Waals surface area contributed by atoms with Crippen LogP contribution in [0.5, 0.6) is 0 Å². The Morgan fingerprint density at radius 2 is 1.93 bits per heavy atom. The van der Waals surface area contributed by atoms with Crippen LogP contribution in [0, 0.1) is 11.3 Å². The van der Waals surface area contributed by atoms with Crippen LogP contribution in [0.3, 0.4) is 0 Å². The highest BCUT2D eigenvalue weighted by Crippen LogP contribution is 2.24. The standard InChI is InChI=1S/C20H15BrN4O2/c21-15-5-7-16(8-6-15)23-13-20(26)25-24-12-17-9-10-19(27-17)18-4-2-1-3-14(18)11-22/h1-10,12,23H,13H2,(H,25,26)/b24-12-. The molecule has 0 aliphatic heterocycles. The van der Waals surface area contributed by atoms with Gasteiger partial charge in [-0.1, -0.05) is 28.1 Å². The molecule has 0 saturated carbocycles. The van der Waals surface area contributed by atoms with E-state index in [0.717, 1.165) is 10.2 Å². The summed E-state index contributed by atoms with van der Waals surface area (Å²) in [5, 5.41) is 16.0. The van der Waals surface area contributed by atoms with Gasteiger partial charge in [-0.15, -0.1) is 0 Å². The van der Waals surface area contributed by atoms with Crippen molar-refractivity contribution in [2.45, 2.75) is 0 Å². The Hall–Kier alpha value is -3.37. The number of nitriles is 1. The number of amides is 1. The van der Waals surface area contributed by atoms with Crippen molar-refractivity contribution in [2.75, 3.05) is 11.9 Å². The van der Waals surface area contributed by atoms with Gasteiger partial charge in [0.2, 0.25) is 0 Å². The average Bonchev–Trinajstić information content (AvgIpc) is 3.16. The van der Waals surface area contributed by atoms with Crippen LogP contribution >= 0.6 is 15.9 Å². The molecular weight excluding hydrogens is 408 g/mol. The fourth-order valence-corrected chi connectivity index (χ4v) is 2.58. The van der Waals surface area contributed by atoms with E-state index in [-0.39, 0.29) is 12.5 Å². The summed E-state index contributed by atoms with van der Waals surface area (Å²) in [4.78, 5) is 11.8. The number of nitrogens with one attached hydrogen (secondary N) is 2. The number of halogens is 1. The van der Waals surface area contributed by atoms with Crippen LogP contribution in [0.15, 0.2) is 74.7 Å². The van der Waals surface area contributed by atoms with E-state index in [1.54, 1.807) is 24.3 Å². The van der Waals surface area contributed by atoms with Gasteiger partial charge in [0.15, 0.2) is 0 Å². The maximum atomic E-state index is 11.8. The topological polar surface area (TPSA) is 90.4 Å². The Morgan fingerprint density at radius 3 is 2.70 bits per heavy atom. The minimum absolute atomic E-state index is 0.0952. The van der Waals surface area contributed by atoms with Gasteiger partial charge >= 0.3 is 0 Å². The molecule has 0 aliphatic rings. The quantitative estimate of drug-likeness (QED) is 0.461. The summed E-state index contributed by atoms with van der Waals surface area (Å²) in [6.07, 6.45) is 1.41. The van der Waals surface area contributed by atoms with E-state index in [0.29, 0.717) is 22.6 Å². The summed E-state index contributed by atoms with van der Waals surface area (Å²) < 4.78 is 6.63.